The summed E-state index contributed by atoms with van der Waals surface area (Å²) in [5.41, 5.74) is 1.48. The van der Waals surface area contributed by atoms with E-state index in [9.17, 15) is 9.59 Å². The molecule has 8 heteroatoms. The van der Waals surface area contributed by atoms with Gasteiger partial charge in [0, 0.05) is 37.1 Å². The lowest BCUT2D eigenvalue weighted by Crippen LogP contribution is -2.28. The van der Waals surface area contributed by atoms with Gasteiger partial charge in [0.25, 0.3) is 5.56 Å². The molecule has 0 saturated carbocycles. The number of nitrogens with one attached hydrogen (secondary N) is 2. The molecular weight excluding hydrogens is 332 g/mol. The number of nitrogens with zero attached hydrogens (tertiary/aromatic N) is 2. The van der Waals surface area contributed by atoms with Gasteiger partial charge in [-0.2, -0.15) is 0 Å². The van der Waals surface area contributed by atoms with Crippen molar-refractivity contribution in [3.05, 3.63) is 44.8 Å². The Morgan fingerprint density at radius 3 is 2.83 bits per heavy atom. The maximum absolute atomic E-state index is 12.1. The first-order valence-electron chi connectivity index (χ1n) is 7.49. The van der Waals surface area contributed by atoms with Crippen molar-refractivity contribution in [2.45, 2.75) is 19.8 Å². The molecule has 128 valence electrons. The van der Waals surface area contributed by atoms with Crippen LogP contribution in [0.1, 0.15) is 17.7 Å². The SMILES string of the molecule is COCCNC(=O)CCc1nnc(-c2ccc(C)c(Cl)c2)[nH]c1=O. The third-order valence-corrected chi connectivity index (χ3v) is 3.83. The summed E-state index contributed by atoms with van der Waals surface area (Å²) in [4.78, 5) is 26.4. The van der Waals surface area contributed by atoms with Crippen molar-refractivity contribution in [1.82, 2.24) is 20.5 Å². The number of benzene rings is 1. The Kier molecular flexibility index (Phi) is 6.45. The molecule has 0 spiro atoms. The van der Waals surface area contributed by atoms with E-state index in [4.69, 9.17) is 16.3 Å². The van der Waals surface area contributed by atoms with Crippen molar-refractivity contribution >= 4 is 17.5 Å². The van der Waals surface area contributed by atoms with Crippen molar-refractivity contribution in [3.63, 3.8) is 0 Å². The van der Waals surface area contributed by atoms with E-state index in [1.807, 2.05) is 19.1 Å². The third kappa shape index (κ3) is 4.87. The van der Waals surface area contributed by atoms with Crippen LogP contribution >= 0.6 is 11.6 Å². The van der Waals surface area contributed by atoms with E-state index in [1.54, 1.807) is 13.2 Å². The van der Waals surface area contributed by atoms with Crippen LogP contribution in [-0.2, 0) is 16.0 Å². The van der Waals surface area contributed by atoms with Gasteiger partial charge in [-0.1, -0.05) is 23.7 Å². The lowest BCUT2D eigenvalue weighted by atomic mass is 10.1. The highest BCUT2D eigenvalue weighted by Crippen LogP contribution is 2.21. The third-order valence-electron chi connectivity index (χ3n) is 3.43. The van der Waals surface area contributed by atoms with Crippen molar-refractivity contribution < 1.29 is 9.53 Å². The number of hydrogen-bond donors (Lipinski definition) is 2. The zero-order valence-corrected chi connectivity index (χ0v) is 14.3. The van der Waals surface area contributed by atoms with Crippen LogP contribution in [0.25, 0.3) is 11.4 Å². The van der Waals surface area contributed by atoms with E-state index in [0.29, 0.717) is 29.6 Å². The molecule has 1 aromatic carbocycles. The average Bonchev–Trinajstić information content (AvgIpc) is 2.56. The van der Waals surface area contributed by atoms with Gasteiger partial charge in [-0.25, -0.2) is 0 Å². The number of amides is 1. The number of aromatic amines is 1. The van der Waals surface area contributed by atoms with Gasteiger partial charge in [-0.05, 0) is 18.6 Å². The molecule has 7 nitrogen and oxygen atoms in total. The number of H-pyrrole nitrogens is 1. The summed E-state index contributed by atoms with van der Waals surface area (Å²) in [5.74, 6) is 0.179. The van der Waals surface area contributed by atoms with Gasteiger partial charge in [0.05, 0.1) is 6.61 Å². The van der Waals surface area contributed by atoms with Gasteiger partial charge in [0.1, 0.15) is 5.69 Å². The maximum Gasteiger partial charge on any atom is 0.273 e. The molecule has 0 bridgehead atoms. The van der Waals surface area contributed by atoms with Crippen LogP contribution in [0.3, 0.4) is 0 Å². The summed E-state index contributed by atoms with van der Waals surface area (Å²) < 4.78 is 4.84. The normalized spacial score (nSPS) is 10.6. The zero-order chi connectivity index (χ0) is 17.5. The van der Waals surface area contributed by atoms with Gasteiger partial charge in [0.2, 0.25) is 5.91 Å². The second kappa shape index (κ2) is 8.56. The minimum atomic E-state index is -0.360. The second-order valence-corrected chi connectivity index (χ2v) is 5.66. The van der Waals surface area contributed by atoms with Crippen molar-refractivity contribution in [3.8, 4) is 11.4 Å². The van der Waals surface area contributed by atoms with Crippen LogP contribution in [0.5, 0.6) is 0 Å². The molecule has 2 rings (SSSR count). The Morgan fingerprint density at radius 1 is 1.38 bits per heavy atom. The molecular formula is C16H19ClN4O3. The highest BCUT2D eigenvalue weighted by molar-refractivity contribution is 6.31. The van der Waals surface area contributed by atoms with Gasteiger partial charge >= 0.3 is 0 Å². The fraction of sp³-hybridized carbons (Fsp3) is 0.375. The molecule has 0 atom stereocenters. The number of halogens is 1. The van der Waals surface area contributed by atoms with Crippen LogP contribution in [0.4, 0.5) is 0 Å². The first-order chi connectivity index (χ1) is 11.5. The minimum absolute atomic E-state index is 0.164. The minimum Gasteiger partial charge on any atom is -0.383 e. The molecule has 0 unspecified atom stereocenters. The number of aromatic nitrogens is 3. The molecule has 0 aliphatic heterocycles. The second-order valence-electron chi connectivity index (χ2n) is 5.26. The Hall–Kier alpha value is -2.25. The fourth-order valence-electron chi connectivity index (χ4n) is 2.01. The number of methoxy groups -OCH3 is 1. The molecule has 0 radical (unpaired) electrons. The Labute approximate surface area is 144 Å². The van der Waals surface area contributed by atoms with E-state index < -0.39 is 0 Å². The number of carbonyl (C=O) groups is 1. The van der Waals surface area contributed by atoms with Gasteiger partial charge < -0.3 is 15.0 Å². The smallest absolute Gasteiger partial charge is 0.273 e. The van der Waals surface area contributed by atoms with E-state index in [-0.39, 0.29) is 30.0 Å². The summed E-state index contributed by atoms with van der Waals surface area (Å²) in [7, 11) is 1.56. The number of hydrogen-bond acceptors (Lipinski definition) is 5. The highest BCUT2D eigenvalue weighted by atomic mass is 35.5. The molecule has 0 fully saturated rings. The number of carbonyl (C=O) groups excluding carboxylic acids is 1. The van der Waals surface area contributed by atoms with Crippen LogP contribution in [0, 0.1) is 6.92 Å². The molecule has 1 aromatic heterocycles. The van der Waals surface area contributed by atoms with Crippen molar-refractivity contribution in [2.24, 2.45) is 0 Å². The van der Waals surface area contributed by atoms with Gasteiger partial charge in [-0.3, -0.25) is 9.59 Å². The summed E-state index contributed by atoms with van der Waals surface area (Å²) in [6.07, 6.45) is 0.382. The summed E-state index contributed by atoms with van der Waals surface area (Å²) in [6.45, 7) is 2.77. The average molecular weight is 351 g/mol. The lowest BCUT2D eigenvalue weighted by Gasteiger charge is -2.05. The first-order valence-corrected chi connectivity index (χ1v) is 7.87. The Bertz CT molecular complexity index is 776. The van der Waals surface area contributed by atoms with Crippen LogP contribution in [0.15, 0.2) is 23.0 Å². The maximum atomic E-state index is 12.1. The summed E-state index contributed by atoms with van der Waals surface area (Å²) in [5, 5.41) is 11.2. The molecule has 1 amide bonds. The molecule has 0 aliphatic rings. The van der Waals surface area contributed by atoms with Gasteiger partial charge in [0.15, 0.2) is 5.82 Å². The zero-order valence-electron chi connectivity index (χ0n) is 13.6. The lowest BCUT2D eigenvalue weighted by molar-refractivity contribution is -0.121. The van der Waals surface area contributed by atoms with Crippen molar-refractivity contribution in [2.75, 3.05) is 20.3 Å². The molecule has 2 N–H and O–H groups in total. The van der Waals surface area contributed by atoms with Crippen LogP contribution < -0.4 is 10.9 Å². The monoisotopic (exact) mass is 350 g/mol. The molecule has 1 heterocycles. The summed E-state index contributed by atoms with van der Waals surface area (Å²) in [6, 6.07) is 5.37. The highest BCUT2D eigenvalue weighted by Gasteiger charge is 2.10. The fourth-order valence-corrected chi connectivity index (χ4v) is 2.19. The topological polar surface area (TPSA) is 97.0 Å². The predicted molar refractivity (Wildman–Crippen MR) is 91.0 cm³/mol. The predicted octanol–water partition coefficient (Wildman–Crippen LogP) is 1.49. The first kappa shape index (κ1) is 18.1. The molecule has 0 aliphatic carbocycles. The van der Waals surface area contributed by atoms with Crippen LogP contribution in [0.2, 0.25) is 5.02 Å². The Morgan fingerprint density at radius 2 is 2.17 bits per heavy atom. The number of ether oxygens (including phenoxy) is 1. The van der Waals surface area contributed by atoms with Crippen LogP contribution in [-0.4, -0.2) is 41.3 Å². The Balaban J connectivity index is 2.03. The van der Waals surface area contributed by atoms with E-state index in [2.05, 4.69) is 20.5 Å². The van der Waals surface area contributed by atoms with E-state index in [0.717, 1.165) is 5.56 Å². The molecule has 24 heavy (non-hydrogen) atoms. The molecule has 2 aromatic rings. The molecule has 0 saturated heterocycles. The van der Waals surface area contributed by atoms with E-state index in [1.165, 1.54) is 0 Å². The largest absolute Gasteiger partial charge is 0.383 e. The van der Waals surface area contributed by atoms with Crippen molar-refractivity contribution in [1.29, 1.82) is 0 Å². The number of rotatable bonds is 7. The summed E-state index contributed by atoms with van der Waals surface area (Å²) >= 11 is 6.08. The standard InChI is InChI=1S/C16H19ClN4O3/c1-10-3-4-11(9-12(10)17)15-19-16(23)13(20-21-15)5-6-14(22)18-7-8-24-2/h3-4,9H,5-8H2,1-2H3,(H,18,22)(H,19,21,23). The number of aryl methyl sites for hydroxylation is 2. The van der Waals surface area contributed by atoms with E-state index >= 15 is 0 Å². The van der Waals surface area contributed by atoms with Gasteiger partial charge in [-0.15, -0.1) is 10.2 Å². The quantitative estimate of drug-likeness (QED) is 0.737.